The smallest absolute Gasteiger partial charge is 0.254 e. The minimum atomic E-state index is -0.739. The molecule has 0 radical (unpaired) electrons. The third-order valence-corrected chi connectivity index (χ3v) is 5.61. The third kappa shape index (κ3) is 3.14. The van der Waals surface area contributed by atoms with E-state index in [2.05, 4.69) is 4.98 Å². The zero-order chi connectivity index (χ0) is 17.4. The van der Waals surface area contributed by atoms with Crippen molar-refractivity contribution in [2.45, 2.75) is 25.3 Å². The van der Waals surface area contributed by atoms with Gasteiger partial charge in [-0.2, -0.15) is 0 Å². The van der Waals surface area contributed by atoms with Gasteiger partial charge in [-0.05, 0) is 43.5 Å². The molecule has 2 heterocycles. The molecule has 1 amide bonds. The van der Waals surface area contributed by atoms with Crippen molar-refractivity contribution in [3.05, 3.63) is 64.7 Å². The Morgan fingerprint density at radius 2 is 1.88 bits per heavy atom. The summed E-state index contributed by atoms with van der Waals surface area (Å²) in [7, 11) is 0. The van der Waals surface area contributed by atoms with Crippen molar-refractivity contribution in [3.8, 4) is 0 Å². The van der Waals surface area contributed by atoms with Crippen LogP contribution in [0.15, 0.2) is 42.5 Å². The average Bonchev–Trinajstić information content (AvgIpc) is 3.04. The van der Waals surface area contributed by atoms with Crippen LogP contribution >= 0.6 is 11.3 Å². The van der Waals surface area contributed by atoms with E-state index in [0.29, 0.717) is 6.54 Å². The van der Waals surface area contributed by atoms with Gasteiger partial charge in [0.15, 0.2) is 0 Å². The number of thiazole rings is 1. The van der Waals surface area contributed by atoms with Crippen LogP contribution in [0.25, 0.3) is 10.2 Å². The lowest BCUT2D eigenvalue weighted by Gasteiger charge is -2.34. The number of fused-ring (bicyclic) bond motifs is 1. The molecule has 1 atom stereocenters. The van der Waals surface area contributed by atoms with Crippen LogP contribution in [-0.4, -0.2) is 22.3 Å². The second kappa shape index (κ2) is 6.52. The molecule has 0 aliphatic carbocycles. The van der Waals surface area contributed by atoms with Gasteiger partial charge in [-0.3, -0.25) is 4.79 Å². The third-order valence-electron chi connectivity index (χ3n) is 4.47. The normalized spacial score (nSPS) is 17.8. The second-order valence-electron chi connectivity index (χ2n) is 6.19. The second-order valence-corrected chi connectivity index (χ2v) is 7.25. The van der Waals surface area contributed by atoms with Crippen LogP contribution in [0.1, 0.15) is 40.7 Å². The van der Waals surface area contributed by atoms with Gasteiger partial charge in [0.2, 0.25) is 0 Å². The minimum Gasteiger partial charge on any atom is -0.329 e. The fraction of sp³-hybridized carbons (Fsp3) is 0.263. The van der Waals surface area contributed by atoms with Crippen molar-refractivity contribution in [3.63, 3.8) is 0 Å². The van der Waals surface area contributed by atoms with E-state index < -0.39 is 11.6 Å². The van der Waals surface area contributed by atoms with E-state index >= 15 is 0 Å². The maximum absolute atomic E-state index is 13.5. The zero-order valence-corrected chi connectivity index (χ0v) is 14.2. The maximum atomic E-state index is 13.5. The van der Waals surface area contributed by atoms with Crippen molar-refractivity contribution in [1.82, 2.24) is 9.88 Å². The molecule has 1 saturated heterocycles. The highest BCUT2D eigenvalue weighted by Gasteiger charge is 2.31. The molecule has 25 heavy (non-hydrogen) atoms. The summed E-state index contributed by atoms with van der Waals surface area (Å²) >= 11 is 1.57. The molecule has 0 N–H and O–H groups in total. The van der Waals surface area contributed by atoms with Gasteiger partial charge < -0.3 is 4.90 Å². The molecule has 3 aromatic rings. The average molecular weight is 358 g/mol. The predicted octanol–water partition coefficient (Wildman–Crippen LogP) is 4.94. The van der Waals surface area contributed by atoms with Gasteiger partial charge in [0.25, 0.3) is 5.91 Å². The molecule has 128 valence electrons. The molecule has 0 spiro atoms. The standard InChI is InChI=1S/C19H16F2N2OS/c20-13-9-12(10-14(21)11-13)19(24)23-8-4-3-6-16(23)18-22-15-5-1-2-7-17(15)25-18/h1-2,5,7,9-11,16H,3-4,6,8H2. The molecular weight excluding hydrogens is 342 g/mol. The number of amides is 1. The molecule has 0 bridgehead atoms. The molecular formula is C19H16F2N2OS. The Balaban J connectivity index is 1.69. The summed E-state index contributed by atoms with van der Waals surface area (Å²) in [6.07, 6.45) is 2.69. The molecule has 2 aromatic carbocycles. The van der Waals surface area contributed by atoms with Crippen LogP contribution in [0.4, 0.5) is 8.78 Å². The predicted molar refractivity (Wildman–Crippen MR) is 93.6 cm³/mol. The van der Waals surface area contributed by atoms with Gasteiger partial charge >= 0.3 is 0 Å². The van der Waals surface area contributed by atoms with Gasteiger partial charge in [0.05, 0.1) is 16.3 Å². The number of rotatable bonds is 2. The number of carbonyl (C=O) groups is 1. The van der Waals surface area contributed by atoms with Crippen molar-refractivity contribution in [2.75, 3.05) is 6.54 Å². The van der Waals surface area contributed by atoms with Crippen LogP contribution < -0.4 is 0 Å². The molecule has 1 aliphatic rings. The van der Waals surface area contributed by atoms with Gasteiger partial charge in [0, 0.05) is 18.2 Å². The van der Waals surface area contributed by atoms with E-state index in [1.807, 2.05) is 24.3 Å². The van der Waals surface area contributed by atoms with Crippen LogP contribution in [0.3, 0.4) is 0 Å². The molecule has 6 heteroatoms. The Labute approximate surface area is 147 Å². The fourth-order valence-corrected chi connectivity index (χ4v) is 4.42. The van der Waals surface area contributed by atoms with Gasteiger partial charge in [-0.1, -0.05) is 12.1 Å². The molecule has 1 aliphatic heterocycles. The van der Waals surface area contributed by atoms with E-state index in [1.165, 1.54) is 0 Å². The number of benzene rings is 2. The Kier molecular flexibility index (Phi) is 4.21. The highest BCUT2D eigenvalue weighted by molar-refractivity contribution is 7.18. The van der Waals surface area contributed by atoms with E-state index in [1.54, 1.807) is 16.2 Å². The maximum Gasteiger partial charge on any atom is 0.254 e. The number of halogens is 2. The highest BCUT2D eigenvalue weighted by atomic mass is 32.1. The molecule has 1 aromatic heterocycles. The summed E-state index contributed by atoms with van der Waals surface area (Å²) in [5.74, 6) is -1.82. The first-order valence-electron chi connectivity index (χ1n) is 8.24. The van der Waals surface area contributed by atoms with Crippen LogP contribution in [-0.2, 0) is 0 Å². The van der Waals surface area contributed by atoms with Crippen LogP contribution in [0.2, 0.25) is 0 Å². The first-order valence-corrected chi connectivity index (χ1v) is 9.06. The van der Waals surface area contributed by atoms with Crippen molar-refractivity contribution in [1.29, 1.82) is 0 Å². The number of piperidine rings is 1. The first kappa shape index (κ1) is 16.1. The lowest BCUT2D eigenvalue weighted by atomic mass is 10.0. The van der Waals surface area contributed by atoms with Crippen molar-refractivity contribution < 1.29 is 13.6 Å². The lowest BCUT2D eigenvalue weighted by molar-refractivity contribution is 0.0610. The Hall–Kier alpha value is -2.34. The summed E-state index contributed by atoms with van der Waals surface area (Å²) in [6.45, 7) is 0.567. The molecule has 1 unspecified atom stereocenters. The Morgan fingerprint density at radius 3 is 2.64 bits per heavy atom. The molecule has 1 fully saturated rings. The van der Waals surface area contributed by atoms with Crippen molar-refractivity contribution in [2.24, 2.45) is 0 Å². The Morgan fingerprint density at radius 1 is 1.12 bits per heavy atom. The molecule has 4 rings (SSSR count). The van der Waals surface area contributed by atoms with Crippen LogP contribution in [0.5, 0.6) is 0 Å². The van der Waals surface area contributed by atoms with E-state index in [9.17, 15) is 13.6 Å². The van der Waals surface area contributed by atoms with E-state index in [0.717, 1.165) is 52.7 Å². The summed E-state index contributed by atoms with van der Waals surface area (Å²) in [5, 5.41) is 0.881. The number of hydrogen-bond acceptors (Lipinski definition) is 3. The quantitative estimate of drug-likeness (QED) is 0.650. The topological polar surface area (TPSA) is 33.2 Å². The van der Waals surface area contributed by atoms with Crippen LogP contribution in [0, 0.1) is 11.6 Å². The zero-order valence-electron chi connectivity index (χ0n) is 13.4. The molecule has 0 saturated carbocycles. The van der Waals surface area contributed by atoms with Gasteiger partial charge in [-0.25, -0.2) is 13.8 Å². The number of carbonyl (C=O) groups excluding carboxylic acids is 1. The monoisotopic (exact) mass is 358 g/mol. The molecule has 3 nitrogen and oxygen atoms in total. The minimum absolute atomic E-state index is 0.0468. The summed E-state index contributed by atoms with van der Waals surface area (Å²) in [6, 6.07) is 10.7. The Bertz CT molecular complexity index is 887. The summed E-state index contributed by atoms with van der Waals surface area (Å²) in [5.41, 5.74) is 0.961. The number of para-hydroxylation sites is 1. The lowest BCUT2D eigenvalue weighted by Crippen LogP contribution is -2.38. The number of hydrogen-bond donors (Lipinski definition) is 0. The van der Waals surface area contributed by atoms with Crippen molar-refractivity contribution >= 4 is 27.5 Å². The SMILES string of the molecule is O=C(c1cc(F)cc(F)c1)N1CCCCC1c1nc2ccccc2s1. The van der Waals surface area contributed by atoms with E-state index in [-0.39, 0.29) is 17.5 Å². The van der Waals surface area contributed by atoms with Gasteiger partial charge in [0.1, 0.15) is 16.6 Å². The van der Waals surface area contributed by atoms with Gasteiger partial charge in [-0.15, -0.1) is 11.3 Å². The van der Waals surface area contributed by atoms with E-state index in [4.69, 9.17) is 0 Å². The first-order chi connectivity index (χ1) is 12.1. The number of likely N-dealkylation sites (tertiary alicyclic amines) is 1. The summed E-state index contributed by atoms with van der Waals surface area (Å²) < 4.78 is 28.1. The number of nitrogens with zero attached hydrogens (tertiary/aromatic N) is 2. The fourth-order valence-electron chi connectivity index (χ4n) is 3.31. The summed E-state index contributed by atoms with van der Waals surface area (Å²) in [4.78, 5) is 19.3. The highest BCUT2D eigenvalue weighted by Crippen LogP contribution is 2.36. The number of aromatic nitrogens is 1. The largest absolute Gasteiger partial charge is 0.329 e.